The second-order valence-electron chi connectivity index (χ2n) is 14.8. The van der Waals surface area contributed by atoms with Crippen molar-refractivity contribution >= 4 is 5.91 Å². The van der Waals surface area contributed by atoms with Gasteiger partial charge in [-0.2, -0.15) is 0 Å². The fourth-order valence-electron chi connectivity index (χ4n) is 6.29. The van der Waals surface area contributed by atoms with Crippen LogP contribution in [0, 0.1) is 0 Å². The molecule has 1 aliphatic heterocycles. The molecule has 0 aliphatic carbocycles. The highest BCUT2D eigenvalue weighted by molar-refractivity contribution is 5.76. The van der Waals surface area contributed by atoms with E-state index >= 15 is 0 Å². The van der Waals surface area contributed by atoms with Gasteiger partial charge in [-0.1, -0.05) is 152 Å². The van der Waals surface area contributed by atoms with Crippen LogP contribution >= 0.6 is 0 Å². The first-order valence-electron chi connectivity index (χ1n) is 21.5. The topological polar surface area (TPSA) is 149 Å². The lowest BCUT2D eigenvalue weighted by atomic mass is 9.99. The number of nitrogens with one attached hydrogen (secondary N) is 1. The number of carbonyl (C=O) groups is 1. The highest BCUT2D eigenvalue weighted by Crippen LogP contribution is 2.22. The van der Waals surface area contributed by atoms with E-state index < -0.39 is 49.5 Å². The van der Waals surface area contributed by atoms with E-state index in [0.717, 1.165) is 38.5 Å². The lowest BCUT2D eigenvalue weighted by molar-refractivity contribution is -0.302. The number of rotatable bonds is 34. The van der Waals surface area contributed by atoms with Crippen molar-refractivity contribution in [2.75, 3.05) is 13.2 Å². The van der Waals surface area contributed by atoms with Crippen LogP contribution in [-0.4, -0.2) is 87.5 Å². The molecule has 1 aliphatic rings. The molecule has 9 heteroatoms. The van der Waals surface area contributed by atoms with Crippen LogP contribution in [0.25, 0.3) is 0 Å². The predicted molar refractivity (Wildman–Crippen MR) is 221 cm³/mol. The molecule has 54 heavy (non-hydrogen) atoms. The highest BCUT2D eigenvalue weighted by Gasteiger charge is 2.44. The molecule has 1 fully saturated rings. The second kappa shape index (κ2) is 35.3. The molecule has 1 saturated heterocycles. The zero-order chi connectivity index (χ0) is 39.5. The van der Waals surface area contributed by atoms with Gasteiger partial charge in [-0.3, -0.25) is 4.79 Å². The Morgan fingerprint density at radius 2 is 1.11 bits per heavy atom. The molecule has 0 radical (unpaired) electrons. The van der Waals surface area contributed by atoms with Gasteiger partial charge < -0.3 is 40.3 Å². The number of aliphatic hydroxyl groups excluding tert-OH is 5. The van der Waals surface area contributed by atoms with E-state index in [2.05, 4.69) is 55.6 Å². The average Bonchev–Trinajstić information content (AvgIpc) is 3.17. The zero-order valence-electron chi connectivity index (χ0n) is 34.0. The summed E-state index contributed by atoms with van der Waals surface area (Å²) in [6.07, 6.45) is 38.5. The molecule has 0 aromatic rings. The molecule has 1 rings (SSSR count). The Morgan fingerprint density at radius 1 is 0.630 bits per heavy atom. The van der Waals surface area contributed by atoms with Crippen molar-refractivity contribution in [3.05, 3.63) is 60.8 Å². The van der Waals surface area contributed by atoms with Crippen LogP contribution in [0.4, 0.5) is 0 Å². The zero-order valence-corrected chi connectivity index (χ0v) is 34.0. The van der Waals surface area contributed by atoms with Crippen molar-refractivity contribution in [3.8, 4) is 0 Å². The maximum Gasteiger partial charge on any atom is 0.220 e. The van der Waals surface area contributed by atoms with Gasteiger partial charge in [0.2, 0.25) is 5.91 Å². The van der Waals surface area contributed by atoms with Crippen molar-refractivity contribution in [1.82, 2.24) is 5.32 Å². The first-order chi connectivity index (χ1) is 26.3. The van der Waals surface area contributed by atoms with Crippen LogP contribution in [0.5, 0.6) is 0 Å². The van der Waals surface area contributed by atoms with Crippen LogP contribution in [0.2, 0.25) is 0 Å². The van der Waals surface area contributed by atoms with Crippen LogP contribution in [0.3, 0.4) is 0 Å². The van der Waals surface area contributed by atoms with Gasteiger partial charge in [-0.25, -0.2) is 0 Å². The second-order valence-corrected chi connectivity index (χ2v) is 14.8. The van der Waals surface area contributed by atoms with E-state index in [4.69, 9.17) is 9.47 Å². The van der Waals surface area contributed by atoms with Gasteiger partial charge in [0.05, 0.1) is 25.4 Å². The van der Waals surface area contributed by atoms with Gasteiger partial charge >= 0.3 is 0 Å². The lowest BCUT2D eigenvalue weighted by Crippen LogP contribution is -2.60. The summed E-state index contributed by atoms with van der Waals surface area (Å²) in [6.45, 7) is 3.68. The highest BCUT2D eigenvalue weighted by atomic mass is 16.7. The largest absolute Gasteiger partial charge is 0.394 e. The van der Waals surface area contributed by atoms with Gasteiger partial charge in [-0.15, -0.1) is 0 Å². The van der Waals surface area contributed by atoms with Crippen molar-refractivity contribution < 1.29 is 39.8 Å². The van der Waals surface area contributed by atoms with Crippen LogP contribution in [-0.2, 0) is 14.3 Å². The Hall–Kier alpha value is -2.11. The van der Waals surface area contributed by atoms with Crippen LogP contribution in [0.1, 0.15) is 162 Å². The number of amides is 1. The minimum absolute atomic E-state index is 0.226. The summed E-state index contributed by atoms with van der Waals surface area (Å²) in [5.74, 6) is -0.261. The van der Waals surface area contributed by atoms with E-state index in [9.17, 15) is 30.3 Å². The molecule has 0 bridgehead atoms. The molecule has 0 saturated carbocycles. The van der Waals surface area contributed by atoms with Gasteiger partial charge in [0, 0.05) is 6.42 Å². The van der Waals surface area contributed by atoms with E-state index in [1.165, 1.54) is 89.9 Å². The van der Waals surface area contributed by atoms with Gasteiger partial charge in [0.25, 0.3) is 0 Å². The Balaban J connectivity index is 2.48. The summed E-state index contributed by atoms with van der Waals surface area (Å²) in [5, 5.41) is 54.0. The number of carbonyl (C=O) groups excluding carboxylic acids is 1. The summed E-state index contributed by atoms with van der Waals surface area (Å²) < 4.78 is 11.1. The smallest absolute Gasteiger partial charge is 0.220 e. The third kappa shape index (κ3) is 25.9. The van der Waals surface area contributed by atoms with Crippen molar-refractivity contribution in [3.63, 3.8) is 0 Å². The van der Waals surface area contributed by atoms with E-state index in [1.54, 1.807) is 6.08 Å². The summed E-state index contributed by atoms with van der Waals surface area (Å²) in [4.78, 5) is 12.9. The molecule has 312 valence electrons. The van der Waals surface area contributed by atoms with Crippen molar-refractivity contribution in [2.45, 2.75) is 204 Å². The fraction of sp³-hybridized carbons (Fsp3) is 0.756. The summed E-state index contributed by atoms with van der Waals surface area (Å²) in [7, 11) is 0. The molecular weight excluding hydrogens is 682 g/mol. The number of hydrogen-bond donors (Lipinski definition) is 6. The molecule has 0 aromatic carbocycles. The predicted octanol–water partition coefficient (Wildman–Crippen LogP) is 8.44. The molecule has 7 unspecified atom stereocenters. The summed E-state index contributed by atoms with van der Waals surface area (Å²) >= 11 is 0. The standard InChI is InChI=1S/C45H79NO8/c1-3-5-7-9-11-13-15-17-18-19-20-21-23-24-26-28-30-32-34-39(48)38(37-53-45-44(52)43(51)42(50)40(36-47)54-45)46-41(49)35-33-31-29-27-25-22-16-14-12-10-8-6-4-2/h19-20,22,24-26,29,31-32,34,38-40,42-45,47-48,50-52H,3-18,21,23,27-28,30,33,35-37H2,1-2H3,(H,46,49)/b20-19+,25-22-,26-24+,31-29-,34-32+. The number of allylic oxidation sites excluding steroid dienone is 9. The molecule has 9 nitrogen and oxygen atoms in total. The molecular formula is C45H79NO8. The van der Waals surface area contributed by atoms with Crippen molar-refractivity contribution in [2.24, 2.45) is 0 Å². The minimum atomic E-state index is -1.58. The van der Waals surface area contributed by atoms with E-state index in [0.29, 0.717) is 12.8 Å². The Morgan fingerprint density at radius 3 is 1.67 bits per heavy atom. The number of ether oxygens (including phenoxy) is 2. The first-order valence-corrected chi connectivity index (χ1v) is 21.5. The molecule has 1 heterocycles. The number of aliphatic hydroxyl groups is 5. The SMILES string of the molecule is CCCCCCCC/C=C\C/C=C\CCC(=O)NC(COC1OC(CO)C(O)C(O)C1O)C(O)/C=C/CC/C=C/CC/C=C/CCCCCCCCCC. The number of hydrogen-bond acceptors (Lipinski definition) is 8. The molecule has 6 N–H and O–H groups in total. The maximum absolute atomic E-state index is 12.9. The average molecular weight is 762 g/mol. The fourth-order valence-corrected chi connectivity index (χ4v) is 6.29. The van der Waals surface area contributed by atoms with Gasteiger partial charge in [-0.05, 0) is 64.2 Å². The number of unbranched alkanes of at least 4 members (excludes halogenated alkanes) is 16. The summed E-state index contributed by atoms with van der Waals surface area (Å²) in [5.41, 5.74) is 0. The maximum atomic E-state index is 12.9. The summed E-state index contributed by atoms with van der Waals surface area (Å²) in [6, 6.07) is -0.858. The monoisotopic (exact) mass is 762 g/mol. The third-order valence-corrected chi connectivity index (χ3v) is 9.81. The quantitative estimate of drug-likeness (QED) is 0.0283. The van der Waals surface area contributed by atoms with Crippen LogP contribution in [0.15, 0.2) is 60.8 Å². The molecule has 0 aromatic heterocycles. The van der Waals surface area contributed by atoms with Gasteiger partial charge in [0.15, 0.2) is 6.29 Å². The third-order valence-electron chi connectivity index (χ3n) is 9.81. The minimum Gasteiger partial charge on any atom is -0.394 e. The van der Waals surface area contributed by atoms with Crippen molar-refractivity contribution in [1.29, 1.82) is 0 Å². The normalized spacial score (nSPS) is 22.1. The Kier molecular flexibility index (Phi) is 32.6. The molecule has 1 amide bonds. The van der Waals surface area contributed by atoms with Crippen LogP contribution < -0.4 is 5.32 Å². The first kappa shape index (κ1) is 49.9. The van der Waals surface area contributed by atoms with Gasteiger partial charge in [0.1, 0.15) is 24.4 Å². The Labute approximate surface area is 328 Å². The molecule has 0 spiro atoms. The van der Waals surface area contributed by atoms with E-state index in [1.807, 2.05) is 18.2 Å². The van der Waals surface area contributed by atoms with E-state index in [-0.39, 0.29) is 18.9 Å². The Bertz CT molecular complexity index is 1030. The lowest BCUT2D eigenvalue weighted by Gasteiger charge is -2.40. The molecule has 7 atom stereocenters.